The lowest BCUT2D eigenvalue weighted by molar-refractivity contribution is -0.174. The fourth-order valence-electron chi connectivity index (χ4n) is 4.03. The number of hydrogen-bond donors (Lipinski definition) is 0. The van der Waals surface area contributed by atoms with E-state index in [0.29, 0.717) is 5.56 Å². The van der Waals surface area contributed by atoms with Crippen molar-refractivity contribution >= 4 is 41.0 Å². The van der Waals surface area contributed by atoms with Crippen molar-refractivity contribution in [3.63, 3.8) is 0 Å². The van der Waals surface area contributed by atoms with E-state index in [9.17, 15) is 19.2 Å². The van der Waals surface area contributed by atoms with Gasteiger partial charge in [-0.25, -0.2) is 29.2 Å². The van der Waals surface area contributed by atoms with Crippen LogP contribution in [0.15, 0.2) is 51.4 Å². The van der Waals surface area contributed by atoms with Gasteiger partial charge in [0.25, 0.3) is 0 Å². The van der Waals surface area contributed by atoms with Gasteiger partial charge in [0, 0.05) is 5.56 Å². The number of esters is 4. The molecule has 3 aliphatic heterocycles. The van der Waals surface area contributed by atoms with E-state index < -0.39 is 40.9 Å². The zero-order valence-electron chi connectivity index (χ0n) is 20.2. The molecule has 1 aromatic rings. The average molecular weight is 497 g/mol. The van der Waals surface area contributed by atoms with Crippen molar-refractivity contribution in [1.82, 2.24) is 5.01 Å². The summed E-state index contributed by atoms with van der Waals surface area (Å²) in [4.78, 5) is 56.5. The minimum absolute atomic E-state index is 0.0440. The standard InChI is InChI=1S/C24H23N3O9/c1-6-34-20(28)15-11-27-24(36-15,23(31)35-7-2)17-16(21(29)32-4)19(22(30)33-5)25-14-9-8-12(3)10-13(14)18(17)26-27/h8-11H,6-7H2,1-5H3. The minimum Gasteiger partial charge on any atom is -0.465 e. The van der Waals surface area contributed by atoms with Gasteiger partial charge in [0.2, 0.25) is 5.76 Å². The highest BCUT2D eigenvalue weighted by atomic mass is 16.6. The normalized spacial score (nSPS) is 19.5. The Balaban J connectivity index is 2.11. The Labute approximate surface area is 205 Å². The Morgan fingerprint density at radius 2 is 1.69 bits per heavy atom. The van der Waals surface area contributed by atoms with Crippen LogP contribution in [-0.4, -0.2) is 73.5 Å². The van der Waals surface area contributed by atoms with Gasteiger partial charge < -0.3 is 23.7 Å². The van der Waals surface area contributed by atoms with Gasteiger partial charge in [-0.2, -0.15) is 5.10 Å². The number of ether oxygens (including phenoxy) is 5. The van der Waals surface area contributed by atoms with Crippen LogP contribution in [-0.2, 0) is 42.9 Å². The van der Waals surface area contributed by atoms with E-state index in [1.807, 2.05) is 6.92 Å². The van der Waals surface area contributed by atoms with Gasteiger partial charge in [-0.15, -0.1) is 0 Å². The predicted molar refractivity (Wildman–Crippen MR) is 123 cm³/mol. The molecule has 0 aliphatic carbocycles. The summed E-state index contributed by atoms with van der Waals surface area (Å²) in [6.07, 6.45) is 1.17. The van der Waals surface area contributed by atoms with Gasteiger partial charge in [0.05, 0.1) is 44.9 Å². The van der Waals surface area contributed by atoms with Crippen molar-refractivity contribution in [2.75, 3.05) is 27.4 Å². The largest absolute Gasteiger partial charge is 0.465 e. The summed E-state index contributed by atoms with van der Waals surface area (Å²) in [5, 5.41) is 5.58. The first-order chi connectivity index (χ1) is 17.2. The molecule has 0 aromatic heterocycles. The lowest BCUT2D eigenvalue weighted by Crippen LogP contribution is -2.51. The molecule has 3 aliphatic rings. The number of methoxy groups -OCH3 is 2. The molecule has 1 unspecified atom stereocenters. The number of carbonyl (C=O) groups excluding carboxylic acids is 4. The molecule has 0 fully saturated rings. The lowest BCUT2D eigenvalue weighted by Gasteiger charge is -2.29. The quantitative estimate of drug-likeness (QED) is 0.418. The molecular weight excluding hydrogens is 474 g/mol. The second-order valence-corrected chi connectivity index (χ2v) is 7.69. The number of fused-ring (bicyclic) bond motifs is 5. The maximum absolute atomic E-state index is 13.5. The monoisotopic (exact) mass is 497 g/mol. The molecule has 0 N–H and O–H groups in total. The van der Waals surface area contributed by atoms with Crippen LogP contribution in [0.2, 0.25) is 0 Å². The summed E-state index contributed by atoms with van der Waals surface area (Å²) in [6, 6.07) is 5.12. The van der Waals surface area contributed by atoms with Crippen LogP contribution >= 0.6 is 0 Å². The summed E-state index contributed by atoms with van der Waals surface area (Å²) in [7, 11) is 2.22. The van der Waals surface area contributed by atoms with E-state index in [-0.39, 0.29) is 35.9 Å². The number of benzene rings is 1. The Kier molecular flexibility index (Phi) is 6.35. The smallest absolute Gasteiger partial charge is 0.379 e. The van der Waals surface area contributed by atoms with E-state index in [0.717, 1.165) is 24.8 Å². The first-order valence-corrected chi connectivity index (χ1v) is 11.0. The summed E-state index contributed by atoms with van der Waals surface area (Å²) >= 11 is 0. The van der Waals surface area contributed by atoms with E-state index in [1.165, 1.54) is 6.20 Å². The number of nitrogens with zero attached hydrogens (tertiary/aromatic N) is 3. The Hall–Kier alpha value is -4.48. The molecule has 3 heterocycles. The van der Waals surface area contributed by atoms with Crippen LogP contribution < -0.4 is 0 Å². The minimum atomic E-state index is -2.28. The zero-order valence-corrected chi connectivity index (χ0v) is 20.2. The summed E-state index contributed by atoms with van der Waals surface area (Å²) in [5.74, 6) is -4.18. The SMILES string of the molecule is CCOC(=O)C1=CN2N=C3C(=C(C(=O)OC)C(C(=O)OC)=Nc4ccc(C)cc43)C2(C(=O)OCC)O1. The fourth-order valence-corrected chi connectivity index (χ4v) is 4.03. The number of aryl methyl sites for hydroxylation is 1. The van der Waals surface area contributed by atoms with Crippen LogP contribution in [0.25, 0.3) is 0 Å². The van der Waals surface area contributed by atoms with Gasteiger partial charge in [-0.05, 0) is 32.9 Å². The van der Waals surface area contributed by atoms with Crippen LogP contribution in [0.1, 0.15) is 25.0 Å². The number of rotatable bonds is 6. The molecule has 0 saturated carbocycles. The van der Waals surface area contributed by atoms with Crippen LogP contribution in [0.5, 0.6) is 0 Å². The third kappa shape index (κ3) is 3.61. The number of hydrogen-bond acceptors (Lipinski definition) is 12. The summed E-state index contributed by atoms with van der Waals surface area (Å²) < 4.78 is 26.1. The van der Waals surface area contributed by atoms with E-state index in [1.54, 1.807) is 32.0 Å². The van der Waals surface area contributed by atoms with Crippen molar-refractivity contribution < 1.29 is 42.9 Å². The molecule has 0 bridgehead atoms. The Morgan fingerprint density at radius 3 is 2.33 bits per heavy atom. The highest BCUT2D eigenvalue weighted by Gasteiger charge is 2.64. The molecular formula is C24H23N3O9. The highest BCUT2D eigenvalue weighted by molar-refractivity contribution is 6.52. The maximum atomic E-state index is 13.5. The summed E-state index contributed by atoms with van der Waals surface area (Å²) in [5.41, 5.74) is -1.73. The number of aliphatic imine (C=N–C) groups is 1. The predicted octanol–water partition coefficient (Wildman–Crippen LogP) is 1.44. The van der Waals surface area contributed by atoms with E-state index in [2.05, 4.69) is 10.1 Å². The average Bonchev–Trinajstić information content (AvgIpc) is 3.34. The second-order valence-electron chi connectivity index (χ2n) is 7.69. The topological polar surface area (TPSA) is 142 Å². The first-order valence-electron chi connectivity index (χ1n) is 11.0. The van der Waals surface area contributed by atoms with Crippen molar-refractivity contribution in [2.45, 2.75) is 26.5 Å². The van der Waals surface area contributed by atoms with Gasteiger partial charge in [-0.1, -0.05) is 11.6 Å². The Bertz CT molecular complexity index is 1310. The molecule has 188 valence electrons. The molecule has 4 rings (SSSR count). The van der Waals surface area contributed by atoms with Crippen LogP contribution in [0.4, 0.5) is 5.69 Å². The van der Waals surface area contributed by atoms with E-state index >= 15 is 0 Å². The molecule has 1 atom stereocenters. The van der Waals surface area contributed by atoms with Gasteiger partial charge in [0.15, 0.2) is 5.71 Å². The fraction of sp³-hybridized carbons (Fsp3) is 0.333. The van der Waals surface area contributed by atoms with Crippen molar-refractivity contribution in [2.24, 2.45) is 10.1 Å². The van der Waals surface area contributed by atoms with Gasteiger partial charge in [0.1, 0.15) is 11.3 Å². The van der Waals surface area contributed by atoms with Crippen LogP contribution in [0.3, 0.4) is 0 Å². The van der Waals surface area contributed by atoms with Crippen LogP contribution in [0, 0.1) is 6.92 Å². The molecule has 36 heavy (non-hydrogen) atoms. The highest BCUT2D eigenvalue weighted by Crippen LogP contribution is 2.47. The molecule has 1 aromatic carbocycles. The number of carbonyl (C=O) groups is 4. The van der Waals surface area contributed by atoms with Crippen molar-refractivity contribution in [1.29, 1.82) is 0 Å². The van der Waals surface area contributed by atoms with E-state index in [4.69, 9.17) is 23.7 Å². The zero-order chi connectivity index (χ0) is 26.2. The molecule has 0 radical (unpaired) electrons. The molecule has 12 nitrogen and oxygen atoms in total. The third-order valence-electron chi connectivity index (χ3n) is 5.53. The third-order valence-corrected chi connectivity index (χ3v) is 5.53. The van der Waals surface area contributed by atoms with Crippen molar-refractivity contribution in [3.8, 4) is 0 Å². The second kappa shape index (κ2) is 9.29. The lowest BCUT2D eigenvalue weighted by atomic mass is 9.88. The maximum Gasteiger partial charge on any atom is 0.379 e. The Morgan fingerprint density at radius 1 is 1.00 bits per heavy atom. The van der Waals surface area contributed by atoms with Crippen molar-refractivity contribution in [3.05, 3.63) is 52.4 Å². The molecule has 0 amide bonds. The molecule has 0 spiro atoms. The summed E-state index contributed by atoms with van der Waals surface area (Å²) in [6.45, 7) is 4.99. The van der Waals surface area contributed by atoms with Gasteiger partial charge in [-0.3, -0.25) is 0 Å². The first kappa shape index (κ1) is 24.6. The van der Waals surface area contributed by atoms with Gasteiger partial charge >= 0.3 is 29.6 Å². The molecule has 0 saturated heterocycles. The molecule has 12 heteroatoms. The number of hydrazone groups is 1.